The van der Waals surface area contributed by atoms with Gasteiger partial charge in [-0.15, -0.1) is 0 Å². The van der Waals surface area contributed by atoms with Crippen molar-refractivity contribution < 1.29 is 4.39 Å². The van der Waals surface area contributed by atoms with Gasteiger partial charge in [-0.05, 0) is 53.9 Å². The third kappa shape index (κ3) is 2.22. The smallest absolute Gasteiger partial charge is 0.123 e. The molecular weight excluding hydrogens is 275 g/mol. The van der Waals surface area contributed by atoms with Gasteiger partial charge < -0.3 is 9.88 Å². The lowest BCUT2D eigenvalue weighted by molar-refractivity contribution is 0.627. The summed E-state index contributed by atoms with van der Waals surface area (Å²) in [6.45, 7) is 5.05. The van der Waals surface area contributed by atoms with E-state index >= 15 is 0 Å². The summed E-state index contributed by atoms with van der Waals surface area (Å²) in [5.41, 5.74) is 5.93. The van der Waals surface area contributed by atoms with Crippen LogP contribution in [0.25, 0.3) is 22.0 Å². The molecule has 0 atom stereocenters. The van der Waals surface area contributed by atoms with E-state index in [9.17, 15) is 4.39 Å². The van der Waals surface area contributed by atoms with Crippen LogP contribution in [0.2, 0.25) is 0 Å². The van der Waals surface area contributed by atoms with Crippen molar-refractivity contribution >= 4 is 10.9 Å². The van der Waals surface area contributed by atoms with Gasteiger partial charge in [-0.1, -0.05) is 12.1 Å². The molecule has 1 aliphatic heterocycles. The van der Waals surface area contributed by atoms with Crippen LogP contribution in [0.1, 0.15) is 11.3 Å². The lowest BCUT2D eigenvalue weighted by Gasteiger charge is -2.08. The minimum Gasteiger partial charge on any atom is -0.343 e. The van der Waals surface area contributed by atoms with Crippen LogP contribution in [0.15, 0.2) is 42.5 Å². The number of hydrogen-bond donors (Lipinski definition) is 1. The second kappa shape index (κ2) is 5.25. The van der Waals surface area contributed by atoms with Crippen LogP contribution in [0.3, 0.4) is 0 Å². The summed E-state index contributed by atoms with van der Waals surface area (Å²) in [7, 11) is 0. The van der Waals surface area contributed by atoms with Crippen molar-refractivity contribution in [1.82, 2.24) is 9.88 Å². The van der Waals surface area contributed by atoms with Crippen molar-refractivity contribution in [1.29, 1.82) is 0 Å². The molecule has 22 heavy (non-hydrogen) atoms. The third-order valence-corrected chi connectivity index (χ3v) is 4.56. The first-order chi connectivity index (χ1) is 10.7. The molecule has 0 saturated carbocycles. The Balaban J connectivity index is 1.84. The highest BCUT2D eigenvalue weighted by molar-refractivity contribution is 5.87. The van der Waals surface area contributed by atoms with Crippen molar-refractivity contribution in [2.24, 2.45) is 0 Å². The number of aromatic nitrogens is 1. The monoisotopic (exact) mass is 294 g/mol. The van der Waals surface area contributed by atoms with Crippen LogP contribution in [0, 0.1) is 12.7 Å². The number of halogens is 1. The van der Waals surface area contributed by atoms with Gasteiger partial charge in [-0.3, -0.25) is 0 Å². The number of nitrogens with zero attached hydrogens (tertiary/aromatic N) is 1. The van der Waals surface area contributed by atoms with Crippen LogP contribution < -0.4 is 5.32 Å². The molecule has 112 valence electrons. The molecule has 0 fully saturated rings. The maximum atomic E-state index is 13.3. The Kier molecular flexibility index (Phi) is 3.23. The second-order valence-corrected chi connectivity index (χ2v) is 6.02. The van der Waals surface area contributed by atoms with Crippen molar-refractivity contribution in [2.45, 2.75) is 19.9 Å². The predicted octanol–water partition coefficient (Wildman–Crippen LogP) is 3.90. The molecule has 0 saturated heterocycles. The van der Waals surface area contributed by atoms with Gasteiger partial charge in [0.2, 0.25) is 0 Å². The summed E-state index contributed by atoms with van der Waals surface area (Å²) in [5.74, 6) is -0.176. The van der Waals surface area contributed by atoms with Gasteiger partial charge in [0.15, 0.2) is 0 Å². The molecule has 3 heteroatoms. The normalized spacial score (nSPS) is 14.8. The predicted molar refractivity (Wildman–Crippen MR) is 88.6 cm³/mol. The molecule has 4 rings (SSSR count). The fourth-order valence-corrected chi connectivity index (χ4v) is 3.45. The first kappa shape index (κ1) is 13.5. The van der Waals surface area contributed by atoms with Gasteiger partial charge in [0.25, 0.3) is 0 Å². The lowest BCUT2D eigenvalue weighted by Crippen LogP contribution is -2.17. The zero-order valence-corrected chi connectivity index (χ0v) is 12.7. The Morgan fingerprint density at radius 1 is 1.05 bits per heavy atom. The first-order valence-corrected chi connectivity index (χ1v) is 7.82. The molecule has 2 nitrogen and oxygen atoms in total. The van der Waals surface area contributed by atoms with E-state index in [1.807, 2.05) is 13.0 Å². The summed E-state index contributed by atoms with van der Waals surface area (Å²) >= 11 is 0. The van der Waals surface area contributed by atoms with Gasteiger partial charge in [0.1, 0.15) is 5.82 Å². The van der Waals surface area contributed by atoms with Crippen molar-refractivity contribution in [3.8, 4) is 11.1 Å². The number of hydrogen-bond acceptors (Lipinski definition) is 1. The zero-order valence-electron chi connectivity index (χ0n) is 12.7. The van der Waals surface area contributed by atoms with E-state index in [-0.39, 0.29) is 5.82 Å². The topological polar surface area (TPSA) is 17.0 Å². The molecular formula is C19H19FN2. The molecule has 1 N–H and O–H groups in total. The minimum absolute atomic E-state index is 0.176. The standard InChI is InChI=1S/C19H19FN2/c1-13-10-16(20)3-4-18(13)14-2-5-19-15(11-14)12-17-6-7-21-8-9-22(17)19/h2-5,10-12,21H,6-9H2,1H3. The summed E-state index contributed by atoms with van der Waals surface area (Å²) in [6.07, 6.45) is 1.07. The highest BCUT2D eigenvalue weighted by Crippen LogP contribution is 2.29. The molecule has 2 heterocycles. The summed E-state index contributed by atoms with van der Waals surface area (Å²) in [5, 5.41) is 4.71. The Bertz CT molecular complexity index is 848. The average Bonchev–Trinajstić information content (AvgIpc) is 2.68. The van der Waals surface area contributed by atoms with Crippen LogP contribution in [-0.4, -0.2) is 17.7 Å². The van der Waals surface area contributed by atoms with E-state index < -0.39 is 0 Å². The van der Waals surface area contributed by atoms with Gasteiger partial charge in [-0.25, -0.2) is 4.39 Å². The molecule has 3 aromatic rings. The molecule has 0 unspecified atom stereocenters. The lowest BCUT2D eigenvalue weighted by atomic mass is 9.99. The van der Waals surface area contributed by atoms with Crippen molar-refractivity contribution in [3.05, 3.63) is 59.5 Å². The number of fused-ring (bicyclic) bond motifs is 3. The van der Waals surface area contributed by atoms with E-state index in [0.29, 0.717) is 0 Å². The average molecular weight is 294 g/mol. The maximum Gasteiger partial charge on any atom is 0.123 e. The Hall–Kier alpha value is -2.13. The van der Waals surface area contributed by atoms with Gasteiger partial charge in [-0.2, -0.15) is 0 Å². The maximum absolute atomic E-state index is 13.3. The number of benzene rings is 2. The van der Waals surface area contributed by atoms with E-state index in [0.717, 1.165) is 42.7 Å². The molecule has 0 amide bonds. The zero-order chi connectivity index (χ0) is 15.1. The van der Waals surface area contributed by atoms with Crippen LogP contribution in [-0.2, 0) is 13.0 Å². The van der Waals surface area contributed by atoms with Crippen LogP contribution in [0.5, 0.6) is 0 Å². The highest BCUT2D eigenvalue weighted by Gasteiger charge is 2.12. The van der Waals surface area contributed by atoms with Crippen molar-refractivity contribution in [3.63, 3.8) is 0 Å². The molecule has 0 aliphatic carbocycles. The number of aryl methyl sites for hydroxylation is 1. The minimum atomic E-state index is -0.176. The van der Waals surface area contributed by atoms with E-state index in [1.165, 1.54) is 22.7 Å². The fourth-order valence-electron chi connectivity index (χ4n) is 3.45. The van der Waals surface area contributed by atoms with E-state index in [2.05, 4.69) is 34.1 Å². The largest absolute Gasteiger partial charge is 0.343 e. The fraction of sp³-hybridized carbons (Fsp3) is 0.263. The molecule has 1 aromatic heterocycles. The molecule has 0 bridgehead atoms. The van der Waals surface area contributed by atoms with E-state index in [1.54, 1.807) is 6.07 Å². The van der Waals surface area contributed by atoms with Gasteiger partial charge in [0, 0.05) is 42.7 Å². The van der Waals surface area contributed by atoms with Gasteiger partial charge >= 0.3 is 0 Å². The third-order valence-electron chi connectivity index (χ3n) is 4.56. The molecule has 0 radical (unpaired) electrons. The Morgan fingerprint density at radius 3 is 2.82 bits per heavy atom. The Morgan fingerprint density at radius 2 is 1.95 bits per heavy atom. The summed E-state index contributed by atoms with van der Waals surface area (Å²) in [6, 6.07) is 13.9. The summed E-state index contributed by atoms with van der Waals surface area (Å²) in [4.78, 5) is 0. The highest BCUT2D eigenvalue weighted by atomic mass is 19.1. The SMILES string of the molecule is Cc1cc(F)ccc1-c1ccc2c(c1)cc1n2CCNCC1. The number of rotatable bonds is 1. The van der Waals surface area contributed by atoms with Crippen LogP contribution >= 0.6 is 0 Å². The second-order valence-electron chi connectivity index (χ2n) is 6.02. The van der Waals surface area contributed by atoms with E-state index in [4.69, 9.17) is 0 Å². The number of nitrogens with one attached hydrogen (secondary N) is 1. The quantitative estimate of drug-likeness (QED) is 0.720. The molecule has 0 spiro atoms. The van der Waals surface area contributed by atoms with Gasteiger partial charge in [0.05, 0.1) is 0 Å². The first-order valence-electron chi connectivity index (χ1n) is 7.82. The molecule has 1 aliphatic rings. The van der Waals surface area contributed by atoms with Crippen molar-refractivity contribution in [2.75, 3.05) is 13.1 Å². The Labute approximate surface area is 129 Å². The summed E-state index contributed by atoms with van der Waals surface area (Å²) < 4.78 is 15.7. The van der Waals surface area contributed by atoms with Crippen LogP contribution in [0.4, 0.5) is 4.39 Å². The molecule has 2 aromatic carbocycles.